The van der Waals surface area contributed by atoms with E-state index in [2.05, 4.69) is 5.32 Å². The highest BCUT2D eigenvalue weighted by molar-refractivity contribution is 7.10. The Morgan fingerprint density at radius 1 is 1.20 bits per heavy atom. The number of hydrogen-bond donors (Lipinski definition) is 1. The molecule has 0 radical (unpaired) electrons. The molecule has 2 unspecified atom stereocenters. The van der Waals surface area contributed by atoms with Gasteiger partial charge >= 0.3 is 0 Å². The Morgan fingerprint density at radius 3 is 2.70 bits per heavy atom. The molecule has 1 N–H and O–H groups in total. The quantitative estimate of drug-likeness (QED) is 0.585. The lowest BCUT2D eigenvalue weighted by atomic mass is 9.81. The van der Waals surface area contributed by atoms with Gasteiger partial charge in [0.25, 0.3) is 5.91 Å². The smallest absolute Gasteiger partial charge is 0.254 e. The summed E-state index contributed by atoms with van der Waals surface area (Å²) in [6.07, 6.45) is 0.920. The Morgan fingerprint density at radius 2 is 2.00 bits per heavy atom. The third-order valence-corrected chi connectivity index (χ3v) is 6.11. The zero-order valence-corrected chi connectivity index (χ0v) is 18.6. The standard InChI is InChI=1S/C23H30N2O4S/c1-16(2)29-13-7-11-24-22(26)20-17-8-4-5-9-18(17)23(27)25(12-14-28-3)21(20)19-10-6-15-30-19/h4-6,8-10,15-16,20-21H,7,11-14H2,1-3H3,(H,24,26). The number of methoxy groups -OCH3 is 1. The van der Waals surface area contributed by atoms with Crippen LogP contribution in [0.3, 0.4) is 0 Å². The van der Waals surface area contributed by atoms with Crippen LogP contribution in [0, 0.1) is 0 Å². The van der Waals surface area contributed by atoms with Crippen molar-refractivity contribution in [3.63, 3.8) is 0 Å². The first kappa shape index (κ1) is 22.5. The van der Waals surface area contributed by atoms with Gasteiger partial charge in [-0.1, -0.05) is 24.3 Å². The van der Waals surface area contributed by atoms with Gasteiger partial charge in [-0.15, -0.1) is 11.3 Å². The molecule has 7 heteroatoms. The first-order valence-corrected chi connectivity index (χ1v) is 11.2. The maximum Gasteiger partial charge on any atom is 0.254 e. The van der Waals surface area contributed by atoms with Crippen molar-refractivity contribution < 1.29 is 19.1 Å². The summed E-state index contributed by atoms with van der Waals surface area (Å²) < 4.78 is 10.8. The summed E-state index contributed by atoms with van der Waals surface area (Å²) in [6.45, 7) is 5.97. The minimum atomic E-state index is -0.472. The number of ether oxygens (including phenoxy) is 2. The molecule has 2 aromatic rings. The first-order valence-electron chi connectivity index (χ1n) is 10.4. The summed E-state index contributed by atoms with van der Waals surface area (Å²) >= 11 is 1.56. The predicted molar refractivity (Wildman–Crippen MR) is 118 cm³/mol. The molecule has 6 nitrogen and oxygen atoms in total. The number of carbonyl (C=O) groups excluding carboxylic acids is 2. The van der Waals surface area contributed by atoms with Crippen LogP contribution in [-0.2, 0) is 14.3 Å². The van der Waals surface area contributed by atoms with Crippen LogP contribution >= 0.6 is 11.3 Å². The van der Waals surface area contributed by atoms with Gasteiger partial charge in [0, 0.05) is 37.2 Å². The van der Waals surface area contributed by atoms with Gasteiger partial charge in [-0.05, 0) is 43.3 Å². The Bertz CT molecular complexity index is 837. The lowest BCUT2D eigenvalue weighted by Crippen LogP contribution is -2.48. The van der Waals surface area contributed by atoms with Gasteiger partial charge < -0.3 is 19.7 Å². The molecule has 1 aliphatic heterocycles. The second kappa shape index (κ2) is 10.7. The molecule has 0 fully saturated rings. The molecule has 0 saturated carbocycles. The molecular formula is C23H30N2O4S. The fourth-order valence-corrected chi connectivity index (χ4v) is 4.67. The molecule has 2 amide bonds. The van der Waals surface area contributed by atoms with E-state index in [1.54, 1.807) is 29.4 Å². The fraction of sp³-hybridized carbons (Fsp3) is 0.478. The van der Waals surface area contributed by atoms with Crippen LogP contribution in [0.25, 0.3) is 0 Å². The number of carbonyl (C=O) groups is 2. The first-order chi connectivity index (χ1) is 14.5. The van der Waals surface area contributed by atoms with E-state index in [9.17, 15) is 9.59 Å². The topological polar surface area (TPSA) is 67.9 Å². The summed E-state index contributed by atoms with van der Waals surface area (Å²) in [5.74, 6) is -0.601. The highest BCUT2D eigenvalue weighted by atomic mass is 32.1. The molecule has 0 saturated heterocycles. The molecule has 2 heterocycles. The molecule has 30 heavy (non-hydrogen) atoms. The number of hydrogen-bond acceptors (Lipinski definition) is 5. The summed E-state index contributed by atoms with van der Waals surface area (Å²) in [5.41, 5.74) is 1.37. The van der Waals surface area contributed by atoms with Crippen LogP contribution in [0.2, 0.25) is 0 Å². The average molecular weight is 431 g/mol. The maximum atomic E-state index is 13.4. The highest BCUT2D eigenvalue weighted by Gasteiger charge is 2.44. The van der Waals surface area contributed by atoms with Crippen LogP contribution in [0.15, 0.2) is 41.8 Å². The van der Waals surface area contributed by atoms with E-state index < -0.39 is 5.92 Å². The minimum absolute atomic E-state index is 0.0598. The molecule has 1 aromatic heterocycles. The molecule has 1 aliphatic rings. The van der Waals surface area contributed by atoms with Crippen LogP contribution in [0.1, 0.15) is 53.0 Å². The second-order valence-corrected chi connectivity index (χ2v) is 8.56. The number of rotatable bonds is 10. The molecule has 1 aromatic carbocycles. The molecule has 2 atom stereocenters. The van der Waals surface area contributed by atoms with Gasteiger partial charge in [0.15, 0.2) is 0 Å². The number of thiophene rings is 1. The molecular weight excluding hydrogens is 400 g/mol. The van der Waals surface area contributed by atoms with Crippen molar-refractivity contribution in [2.45, 2.75) is 38.3 Å². The third kappa shape index (κ3) is 5.09. The monoisotopic (exact) mass is 430 g/mol. The highest BCUT2D eigenvalue weighted by Crippen LogP contribution is 2.44. The lowest BCUT2D eigenvalue weighted by molar-refractivity contribution is -0.124. The average Bonchev–Trinajstić information content (AvgIpc) is 3.26. The van der Waals surface area contributed by atoms with E-state index in [1.807, 2.05) is 49.6 Å². The lowest BCUT2D eigenvalue weighted by Gasteiger charge is -2.41. The Balaban J connectivity index is 1.89. The van der Waals surface area contributed by atoms with Crippen molar-refractivity contribution >= 4 is 23.2 Å². The van der Waals surface area contributed by atoms with E-state index in [0.29, 0.717) is 31.9 Å². The fourth-order valence-electron chi connectivity index (χ4n) is 3.80. The largest absolute Gasteiger partial charge is 0.383 e. The molecule has 162 valence electrons. The van der Waals surface area contributed by atoms with E-state index in [1.165, 1.54) is 0 Å². The number of fused-ring (bicyclic) bond motifs is 1. The van der Waals surface area contributed by atoms with Gasteiger partial charge in [0.1, 0.15) is 0 Å². The zero-order chi connectivity index (χ0) is 21.5. The Hall–Kier alpha value is -2.22. The van der Waals surface area contributed by atoms with Gasteiger partial charge in [0.2, 0.25) is 5.91 Å². The van der Waals surface area contributed by atoms with Crippen molar-refractivity contribution in [2.75, 3.05) is 33.4 Å². The van der Waals surface area contributed by atoms with Crippen LogP contribution in [-0.4, -0.2) is 56.2 Å². The summed E-state index contributed by atoms with van der Waals surface area (Å²) in [6, 6.07) is 11.0. The molecule has 3 rings (SSSR count). The molecule has 0 bridgehead atoms. The van der Waals surface area contributed by atoms with Crippen molar-refractivity contribution in [2.24, 2.45) is 0 Å². The van der Waals surface area contributed by atoms with Crippen LogP contribution in [0.5, 0.6) is 0 Å². The summed E-state index contributed by atoms with van der Waals surface area (Å²) in [5, 5.41) is 5.05. The van der Waals surface area contributed by atoms with E-state index in [0.717, 1.165) is 16.9 Å². The second-order valence-electron chi connectivity index (χ2n) is 7.58. The number of nitrogens with zero attached hydrogens (tertiary/aromatic N) is 1. The van der Waals surface area contributed by atoms with Crippen molar-refractivity contribution in [1.82, 2.24) is 10.2 Å². The number of nitrogens with one attached hydrogen (secondary N) is 1. The van der Waals surface area contributed by atoms with Gasteiger partial charge in [-0.2, -0.15) is 0 Å². The minimum Gasteiger partial charge on any atom is -0.383 e. The Kier molecular flexibility index (Phi) is 8.01. The zero-order valence-electron chi connectivity index (χ0n) is 17.8. The maximum absolute atomic E-state index is 13.4. The van der Waals surface area contributed by atoms with E-state index in [4.69, 9.17) is 9.47 Å². The van der Waals surface area contributed by atoms with Gasteiger partial charge in [0.05, 0.1) is 24.7 Å². The van der Waals surface area contributed by atoms with E-state index in [-0.39, 0.29) is 24.0 Å². The molecule has 0 spiro atoms. The van der Waals surface area contributed by atoms with Crippen molar-refractivity contribution in [1.29, 1.82) is 0 Å². The van der Waals surface area contributed by atoms with Gasteiger partial charge in [-0.3, -0.25) is 9.59 Å². The van der Waals surface area contributed by atoms with Crippen molar-refractivity contribution in [3.8, 4) is 0 Å². The summed E-state index contributed by atoms with van der Waals surface area (Å²) in [7, 11) is 1.62. The van der Waals surface area contributed by atoms with Crippen LogP contribution < -0.4 is 5.32 Å². The van der Waals surface area contributed by atoms with Gasteiger partial charge in [-0.25, -0.2) is 0 Å². The predicted octanol–water partition coefficient (Wildman–Crippen LogP) is 3.61. The molecule has 0 aliphatic carbocycles. The number of amides is 2. The third-order valence-electron chi connectivity index (χ3n) is 5.16. The SMILES string of the molecule is COCCN1C(=O)c2ccccc2C(C(=O)NCCCOC(C)C)C1c1cccs1. The summed E-state index contributed by atoms with van der Waals surface area (Å²) in [4.78, 5) is 29.4. The van der Waals surface area contributed by atoms with Crippen molar-refractivity contribution in [3.05, 3.63) is 57.8 Å². The number of benzene rings is 1. The van der Waals surface area contributed by atoms with E-state index >= 15 is 0 Å². The van der Waals surface area contributed by atoms with Crippen LogP contribution in [0.4, 0.5) is 0 Å². The Labute approximate surface area is 182 Å². The normalized spacial score (nSPS) is 18.5.